The van der Waals surface area contributed by atoms with Gasteiger partial charge in [-0.15, -0.1) is 0 Å². The third kappa shape index (κ3) is 4.15. The van der Waals surface area contributed by atoms with E-state index in [1.807, 2.05) is 30.0 Å². The van der Waals surface area contributed by atoms with Gasteiger partial charge in [0.05, 0.1) is 11.8 Å². The molecule has 1 aliphatic rings. The van der Waals surface area contributed by atoms with Gasteiger partial charge in [0.15, 0.2) is 0 Å². The highest BCUT2D eigenvalue weighted by molar-refractivity contribution is 7.99. The van der Waals surface area contributed by atoms with Crippen molar-refractivity contribution in [2.24, 2.45) is 0 Å². The van der Waals surface area contributed by atoms with Crippen molar-refractivity contribution in [3.05, 3.63) is 54.0 Å². The number of rotatable bonds is 5. The highest BCUT2D eigenvalue weighted by atomic mass is 32.2. The van der Waals surface area contributed by atoms with E-state index in [0.717, 1.165) is 37.5 Å². The lowest BCUT2D eigenvalue weighted by atomic mass is 10.2. The Bertz CT molecular complexity index is 606. The van der Waals surface area contributed by atoms with Crippen LogP contribution < -0.4 is 5.32 Å². The van der Waals surface area contributed by atoms with Crippen molar-refractivity contribution >= 4 is 23.4 Å². The maximum atomic E-state index is 12.0. The summed E-state index contributed by atoms with van der Waals surface area (Å²) in [6.45, 7) is 1.75. The minimum absolute atomic E-state index is 0.150. The maximum Gasteiger partial charge on any atom is 0.258 e. The van der Waals surface area contributed by atoms with Crippen LogP contribution in [0.2, 0.25) is 0 Å². The molecule has 1 aliphatic heterocycles. The minimum atomic E-state index is -0.150. The molecule has 1 fully saturated rings. The predicted molar refractivity (Wildman–Crippen MR) is 88.2 cm³/mol. The van der Waals surface area contributed by atoms with Crippen molar-refractivity contribution in [2.45, 2.75) is 23.8 Å². The van der Waals surface area contributed by atoms with Crippen LogP contribution in [0, 0.1) is 0 Å². The van der Waals surface area contributed by atoms with Crippen molar-refractivity contribution in [3.63, 3.8) is 0 Å². The molecule has 1 aromatic carbocycles. The van der Waals surface area contributed by atoms with Gasteiger partial charge >= 0.3 is 0 Å². The topological polar surface area (TPSA) is 51.5 Å². The fourth-order valence-corrected chi connectivity index (χ4v) is 3.53. The first-order valence-electron chi connectivity index (χ1n) is 7.43. The molecule has 0 atom stereocenters. The van der Waals surface area contributed by atoms with Crippen LogP contribution in [0.1, 0.15) is 28.8 Å². The van der Waals surface area contributed by atoms with E-state index in [1.165, 1.54) is 18.1 Å². The van der Waals surface area contributed by atoms with Gasteiger partial charge in [-0.1, -0.05) is 12.1 Å². The lowest BCUT2D eigenvalue weighted by Gasteiger charge is -2.21. The van der Waals surface area contributed by atoms with Crippen LogP contribution in [0.15, 0.2) is 47.3 Å². The third-order valence-corrected chi connectivity index (χ3v) is 5.07. The zero-order valence-corrected chi connectivity index (χ0v) is 13.1. The first-order valence-corrected chi connectivity index (χ1v) is 8.48. The molecule has 0 aliphatic carbocycles. The zero-order valence-electron chi connectivity index (χ0n) is 12.3. The fourth-order valence-electron chi connectivity index (χ4n) is 2.39. The number of nitrogens with one attached hydrogen (secondary N) is 1. The summed E-state index contributed by atoms with van der Waals surface area (Å²) in [5.74, 6) is 0.808. The summed E-state index contributed by atoms with van der Waals surface area (Å²) >= 11 is 1.97. The number of hydrogen-bond donors (Lipinski definition) is 1. The smallest absolute Gasteiger partial charge is 0.258 e. The Hall–Kier alpha value is -1.72. The van der Waals surface area contributed by atoms with Crippen molar-refractivity contribution in [1.29, 1.82) is 0 Å². The van der Waals surface area contributed by atoms with E-state index in [1.54, 1.807) is 6.07 Å². The molecule has 2 aromatic rings. The number of carbonyl (C=O) groups excluding carboxylic acids is 1. The molecule has 0 spiro atoms. The van der Waals surface area contributed by atoms with Gasteiger partial charge in [0, 0.05) is 29.9 Å². The van der Waals surface area contributed by atoms with Gasteiger partial charge in [0.1, 0.15) is 6.26 Å². The third-order valence-electron chi connectivity index (χ3n) is 3.62. The van der Waals surface area contributed by atoms with E-state index in [0.29, 0.717) is 10.8 Å². The van der Waals surface area contributed by atoms with Gasteiger partial charge in [0.2, 0.25) is 0 Å². The molecule has 0 radical (unpaired) electrons. The van der Waals surface area contributed by atoms with Gasteiger partial charge in [-0.25, -0.2) is 0 Å². The van der Waals surface area contributed by atoms with Crippen LogP contribution in [-0.2, 0) is 10.5 Å². The molecule has 1 saturated heterocycles. The number of thioether (sulfide) groups is 1. The normalized spacial score (nSPS) is 15.6. The lowest BCUT2D eigenvalue weighted by Crippen LogP contribution is -2.17. The molecule has 116 valence electrons. The Balaban J connectivity index is 1.56. The molecule has 22 heavy (non-hydrogen) atoms. The molecular formula is C17H19NO3S. The number of carbonyl (C=O) groups is 1. The van der Waals surface area contributed by atoms with Crippen LogP contribution in [0.25, 0.3) is 0 Å². The van der Waals surface area contributed by atoms with E-state index in [-0.39, 0.29) is 5.91 Å². The Morgan fingerprint density at radius 1 is 1.27 bits per heavy atom. The number of amides is 1. The molecule has 5 heteroatoms. The summed E-state index contributed by atoms with van der Waals surface area (Å²) in [5.41, 5.74) is 2.57. The molecular weight excluding hydrogens is 298 g/mol. The lowest BCUT2D eigenvalue weighted by molar-refractivity contribution is 0.1000. The van der Waals surface area contributed by atoms with Gasteiger partial charge in [-0.05, 0) is 36.6 Å². The van der Waals surface area contributed by atoms with Gasteiger partial charge in [0.25, 0.3) is 5.91 Å². The molecule has 4 nitrogen and oxygen atoms in total. The number of hydrogen-bond acceptors (Lipinski definition) is 4. The summed E-state index contributed by atoms with van der Waals surface area (Å²) < 4.78 is 10.3. The first-order chi connectivity index (χ1) is 10.8. The average molecular weight is 317 g/mol. The molecule has 1 N–H and O–H groups in total. The summed E-state index contributed by atoms with van der Waals surface area (Å²) in [5, 5.41) is 3.57. The van der Waals surface area contributed by atoms with E-state index in [4.69, 9.17) is 9.15 Å². The standard InChI is InChI=1S/C17H19NO3S/c19-17(14-4-7-21-11-14)18-15-3-1-2-13(10-15)12-22-16-5-8-20-9-6-16/h1-4,7,10-11,16H,5-6,8-9,12H2,(H,18,19). The molecule has 1 amide bonds. The molecule has 0 saturated carbocycles. The predicted octanol–water partition coefficient (Wildman–Crippen LogP) is 3.94. The van der Waals surface area contributed by atoms with Crippen molar-refractivity contribution < 1.29 is 13.9 Å². The highest BCUT2D eigenvalue weighted by Gasteiger charge is 2.14. The van der Waals surface area contributed by atoms with Crippen molar-refractivity contribution in [1.82, 2.24) is 0 Å². The van der Waals surface area contributed by atoms with Crippen LogP contribution in [-0.4, -0.2) is 24.4 Å². The molecule has 2 heterocycles. The Morgan fingerprint density at radius 2 is 2.14 bits per heavy atom. The molecule has 3 rings (SSSR count). The van der Waals surface area contributed by atoms with Gasteiger partial charge in [-0.3, -0.25) is 4.79 Å². The molecule has 0 bridgehead atoms. The zero-order chi connectivity index (χ0) is 15.2. The van der Waals surface area contributed by atoms with Crippen LogP contribution in [0.4, 0.5) is 5.69 Å². The summed E-state index contributed by atoms with van der Waals surface area (Å²) in [4.78, 5) is 12.0. The number of ether oxygens (including phenoxy) is 1. The van der Waals surface area contributed by atoms with Crippen LogP contribution >= 0.6 is 11.8 Å². The van der Waals surface area contributed by atoms with Gasteiger partial charge < -0.3 is 14.5 Å². The SMILES string of the molecule is O=C(Nc1cccc(CSC2CCOCC2)c1)c1ccoc1. The van der Waals surface area contributed by atoms with E-state index in [9.17, 15) is 4.79 Å². The van der Waals surface area contributed by atoms with E-state index < -0.39 is 0 Å². The van der Waals surface area contributed by atoms with Crippen LogP contribution in [0.3, 0.4) is 0 Å². The van der Waals surface area contributed by atoms with Crippen LogP contribution in [0.5, 0.6) is 0 Å². The number of furan rings is 1. The maximum absolute atomic E-state index is 12.0. The Morgan fingerprint density at radius 3 is 2.91 bits per heavy atom. The van der Waals surface area contributed by atoms with Crippen molar-refractivity contribution in [2.75, 3.05) is 18.5 Å². The number of benzene rings is 1. The molecule has 1 aromatic heterocycles. The largest absolute Gasteiger partial charge is 0.472 e. The Labute approximate surface area is 134 Å². The fraction of sp³-hybridized carbons (Fsp3) is 0.353. The van der Waals surface area contributed by atoms with E-state index >= 15 is 0 Å². The van der Waals surface area contributed by atoms with Gasteiger partial charge in [-0.2, -0.15) is 11.8 Å². The summed E-state index contributed by atoms with van der Waals surface area (Å²) in [7, 11) is 0. The monoisotopic (exact) mass is 317 g/mol. The molecule has 0 unspecified atom stereocenters. The first kappa shape index (κ1) is 15.2. The summed E-state index contributed by atoms with van der Waals surface area (Å²) in [6, 6.07) is 9.66. The average Bonchev–Trinajstić information content (AvgIpc) is 3.09. The Kier molecular flexibility index (Phi) is 5.19. The van der Waals surface area contributed by atoms with Crippen molar-refractivity contribution in [3.8, 4) is 0 Å². The second kappa shape index (κ2) is 7.51. The second-order valence-corrected chi connectivity index (χ2v) is 6.58. The highest BCUT2D eigenvalue weighted by Crippen LogP contribution is 2.26. The number of anilines is 1. The minimum Gasteiger partial charge on any atom is -0.472 e. The second-order valence-electron chi connectivity index (χ2n) is 5.29. The van der Waals surface area contributed by atoms with E-state index in [2.05, 4.69) is 11.4 Å². The summed E-state index contributed by atoms with van der Waals surface area (Å²) in [6.07, 6.45) is 5.19. The quantitative estimate of drug-likeness (QED) is 0.907.